The Labute approximate surface area is 169 Å². The first kappa shape index (κ1) is 21.5. The van der Waals surface area contributed by atoms with E-state index in [2.05, 4.69) is 10.3 Å². The molecule has 0 spiro atoms. The molecule has 0 unspecified atom stereocenters. The lowest BCUT2D eigenvalue weighted by molar-refractivity contribution is 0.100. The topological polar surface area (TPSA) is 111 Å². The van der Waals surface area contributed by atoms with Crippen LogP contribution in [0.3, 0.4) is 0 Å². The maximum absolute atomic E-state index is 12.3. The van der Waals surface area contributed by atoms with E-state index >= 15 is 0 Å². The van der Waals surface area contributed by atoms with Crippen LogP contribution >= 0.6 is 12.4 Å². The molecule has 148 valence electrons. The molecule has 2 aromatic carbocycles. The Bertz CT molecular complexity index is 1130. The van der Waals surface area contributed by atoms with Crippen LogP contribution in [-0.2, 0) is 9.84 Å². The number of carbonyl (C=O) groups excluding carboxylic acids is 1. The second-order valence-electron chi connectivity index (χ2n) is 5.85. The summed E-state index contributed by atoms with van der Waals surface area (Å²) >= 11 is 0. The van der Waals surface area contributed by atoms with Gasteiger partial charge in [-0.2, -0.15) is 0 Å². The number of anilines is 2. The molecule has 0 fully saturated rings. The molecule has 9 heteroatoms. The number of amides is 1. The van der Waals surface area contributed by atoms with Crippen LogP contribution in [0.2, 0.25) is 0 Å². The van der Waals surface area contributed by atoms with Crippen LogP contribution in [0.25, 0.3) is 10.9 Å². The van der Waals surface area contributed by atoms with Crippen molar-refractivity contribution in [3.63, 3.8) is 0 Å². The number of aromatic nitrogens is 1. The predicted octanol–water partition coefficient (Wildman–Crippen LogP) is 3.30. The number of hydrogen-bond donors (Lipinski definition) is 2. The van der Waals surface area contributed by atoms with E-state index in [-0.39, 0.29) is 28.6 Å². The monoisotopic (exact) mass is 421 g/mol. The lowest BCUT2D eigenvalue weighted by Gasteiger charge is -2.14. The molecule has 0 aliphatic carbocycles. The average molecular weight is 422 g/mol. The standard InChI is InChI=1S/C19H19N3O4S.ClH/c1-3-27(24,25)14-7-8-17-15(10-14)18(16(11-21-17)19(20)23)22-12-5-4-6-13(9-12)26-2;/h4-11H,3H2,1-2H3,(H2,20,23)(H,21,22);1H. The zero-order valence-corrected chi connectivity index (χ0v) is 16.9. The van der Waals surface area contributed by atoms with Crippen molar-refractivity contribution < 1.29 is 17.9 Å². The van der Waals surface area contributed by atoms with Gasteiger partial charge >= 0.3 is 0 Å². The van der Waals surface area contributed by atoms with E-state index in [0.29, 0.717) is 28.0 Å². The summed E-state index contributed by atoms with van der Waals surface area (Å²) in [7, 11) is -1.86. The van der Waals surface area contributed by atoms with E-state index < -0.39 is 15.7 Å². The van der Waals surface area contributed by atoms with E-state index in [0.717, 1.165) is 0 Å². The van der Waals surface area contributed by atoms with Crippen LogP contribution in [0, 0.1) is 0 Å². The molecule has 0 saturated carbocycles. The van der Waals surface area contributed by atoms with Gasteiger partial charge in [0, 0.05) is 23.3 Å². The largest absolute Gasteiger partial charge is 0.497 e. The lowest BCUT2D eigenvalue weighted by atomic mass is 10.1. The SMILES string of the molecule is CCS(=O)(=O)c1ccc2ncc(C(N)=O)c(Nc3cccc(OC)c3)c2c1.Cl. The van der Waals surface area contributed by atoms with Crippen LogP contribution in [0.4, 0.5) is 11.4 Å². The number of sulfone groups is 1. The summed E-state index contributed by atoms with van der Waals surface area (Å²) in [6.07, 6.45) is 1.38. The number of nitrogens with two attached hydrogens (primary N) is 1. The van der Waals surface area contributed by atoms with Gasteiger partial charge < -0.3 is 15.8 Å². The second kappa shape index (κ2) is 8.45. The highest BCUT2D eigenvalue weighted by atomic mass is 35.5. The molecule has 0 atom stereocenters. The molecule has 0 radical (unpaired) electrons. The molecule has 7 nitrogen and oxygen atoms in total. The van der Waals surface area contributed by atoms with Crippen molar-refractivity contribution in [1.82, 2.24) is 4.98 Å². The van der Waals surface area contributed by atoms with Gasteiger partial charge in [-0.15, -0.1) is 12.4 Å². The lowest BCUT2D eigenvalue weighted by Crippen LogP contribution is -2.14. The highest BCUT2D eigenvalue weighted by molar-refractivity contribution is 7.91. The molecule has 0 aliphatic rings. The number of primary amides is 1. The third kappa shape index (κ3) is 4.18. The molecule has 3 rings (SSSR count). The zero-order chi connectivity index (χ0) is 19.6. The summed E-state index contributed by atoms with van der Waals surface area (Å²) in [5, 5.41) is 3.64. The summed E-state index contributed by atoms with van der Waals surface area (Å²) in [4.78, 5) is 16.3. The van der Waals surface area contributed by atoms with Gasteiger partial charge in [-0.1, -0.05) is 13.0 Å². The number of carbonyl (C=O) groups is 1. The van der Waals surface area contributed by atoms with Gasteiger partial charge in [-0.25, -0.2) is 8.42 Å². The maximum Gasteiger partial charge on any atom is 0.252 e. The van der Waals surface area contributed by atoms with Gasteiger partial charge in [0.2, 0.25) is 0 Å². The molecular weight excluding hydrogens is 402 g/mol. The maximum atomic E-state index is 12.3. The fourth-order valence-corrected chi connectivity index (χ4v) is 3.60. The molecule has 1 aromatic heterocycles. The Morgan fingerprint density at radius 3 is 2.61 bits per heavy atom. The smallest absolute Gasteiger partial charge is 0.252 e. The number of nitrogens with one attached hydrogen (secondary N) is 1. The number of hydrogen-bond acceptors (Lipinski definition) is 6. The number of benzene rings is 2. The minimum absolute atomic E-state index is 0. The molecule has 1 amide bonds. The summed E-state index contributed by atoms with van der Waals surface area (Å²) in [6, 6.07) is 11.8. The van der Waals surface area contributed by atoms with Crippen LogP contribution < -0.4 is 15.8 Å². The second-order valence-corrected chi connectivity index (χ2v) is 8.13. The highest BCUT2D eigenvalue weighted by Gasteiger charge is 2.18. The van der Waals surface area contributed by atoms with Crippen LogP contribution in [-0.4, -0.2) is 32.2 Å². The Kier molecular flexibility index (Phi) is 6.48. The van der Waals surface area contributed by atoms with Crippen molar-refractivity contribution in [2.24, 2.45) is 5.73 Å². The van der Waals surface area contributed by atoms with Crippen LogP contribution in [0.1, 0.15) is 17.3 Å². The number of nitrogens with zero attached hydrogens (tertiary/aromatic N) is 1. The van der Waals surface area contributed by atoms with Crippen molar-refractivity contribution in [3.8, 4) is 5.75 Å². The van der Waals surface area contributed by atoms with Gasteiger partial charge in [-0.3, -0.25) is 9.78 Å². The number of ether oxygens (including phenoxy) is 1. The Balaban J connectivity index is 0.00000280. The number of rotatable bonds is 6. The molecular formula is C19H20ClN3O4S. The fourth-order valence-electron chi connectivity index (χ4n) is 2.70. The third-order valence-corrected chi connectivity index (χ3v) is 5.92. The molecule has 1 heterocycles. The van der Waals surface area contributed by atoms with Crippen LogP contribution in [0.15, 0.2) is 53.6 Å². The van der Waals surface area contributed by atoms with Gasteiger partial charge in [0.25, 0.3) is 5.91 Å². The Morgan fingerprint density at radius 2 is 1.96 bits per heavy atom. The minimum atomic E-state index is -3.41. The Hall–Kier alpha value is -2.84. The Morgan fingerprint density at radius 1 is 1.21 bits per heavy atom. The molecule has 3 N–H and O–H groups in total. The van der Waals surface area contributed by atoms with Gasteiger partial charge in [-0.05, 0) is 30.3 Å². The molecule has 3 aromatic rings. The predicted molar refractivity (Wildman–Crippen MR) is 112 cm³/mol. The van der Waals surface area contributed by atoms with Gasteiger partial charge in [0.05, 0.1) is 34.5 Å². The minimum Gasteiger partial charge on any atom is -0.497 e. The van der Waals surface area contributed by atoms with E-state index in [1.54, 1.807) is 44.4 Å². The van der Waals surface area contributed by atoms with E-state index in [4.69, 9.17) is 10.5 Å². The van der Waals surface area contributed by atoms with Crippen molar-refractivity contribution in [2.45, 2.75) is 11.8 Å². The van der Waals surface area contributed by atoms with Crippen molar-refractivity contribution in [2.75, 3.05) is 18.2 Å². The number of pyridine rings is 1. The van der Waals surface area contributed by atoms with Gasteiger partial charge in [0.15, 0.2) is 9.84 Å². The first-order valence-electron chi connectivity index (χ1n) is 8.22. The summed E-state index contributed by atoms with van der Waals surface area (Å²) in [5.74, 6) is -0.0631. The van der Waals surface area contributed by atoms with Gasteiger partial charge in [0.1, 0.15) is 5.75 Å². The zero-order valence-electron chi connectivity index (χ0n) is 15.3. The normalized spacial score (nSPS) is 10.9. The number of fused-ring (bicyclic) bond motifs is 1. The van der Waals surface area contributed by atoms with Crippen LogP contribution in [0.5, 0.6) is 5.75 Å². The van der Waals surface area contributed by atoms with E-state index in [1.165, 1.54) is 18.3 Å². The van der Waals surface area contributed by atoms with Crippen molar-refractivity contribution in [1.29, 1.82) is 0 Å². The summed E-state index contributed by atoms with van der Waals surface area (Å²) in [5.41, 5.74) is 7.27. The number of methoxy groups -OCH3 is 1. The summed E-state index contributed by atoms with van der Waals surface area (Å²) in [6.45, 7) is 1.58. The summed E-state index contributed by atoms with van der Waals surface area (Å²) < 4.78 is 29.7. The fraction of sp³-hybridized carbons (Fsp3) is 0.158. The quantitative estimate of drug-likeness (QED) is 0.631. The van der Waals surface area contributed by atoms with E-state index in [1.807, 2.05) is 0 Å². The molecule has 28 heavy (non-hydrogen) atoms. The molecule has 0 bridgehead atoms. The van der Waals surface area contributed by atoms with E-state index in [9.17, 15) is 13.2 Å². The molecule has 0 saturated heterocycles. The highest BCUT2D eigenvalue weighted by Crippen LogP contribution is 2.32. The average Bonchev–Trinajstić information content (AvgIpc) is 2.67. The third-order valence-electron chi connectivity index (χ3n) is 4.18. The first-order chi connectivity index (χ1) is 12.9. The van der Waals surface area contributed by atoms with Crippen molar-refractivity contribution >= 4 is 50.4 Å². The molecule has 0 aliphatic heterocycles. The first-order valence-corrected chi connectivity index (χ1v) is 9.87. The number of halogens is 1. The van der Waals surface area contributed by atoms with Crippen molar-refractivity contribution in [3.05, 3.63) is 54.2 Å².